The van der Waals surface area contributed by atoms with Crippen LogP contribution < -0.4 is 0 Å². The molecule has 4 nitrogen and oxygen atoms in total. The second-order valence-electron chi connectivity index (χ2n) is 4.42. The summed E-state index contributed by atoms with van der Waals surface area (Å²) >= 11 is 3.35. The third kappa shape index (κ3) is 1.45. The van der Waals surface area contributed by atoms with Crippen LogP contribution in [0.4, 0.5) is 0 Å². The third-order valence-corrected chi connectivity index (χ3v) is 3.99. The average Bonchev–Trinajstić information content (AvgIpc) is 3.00. The summed E-state index contributed by atoms with van der Waals surface area (Å²) in [5.74, 6) is 0.449. The van der Waals surface area contributed by atoms with Gasteiger partial charge in [0, 0.05) is 35.8 Å². The van der Waals surface area contributed by atoms with E-state index in [1.165, 1.54) is 0 Å². The molecule has 2 aliphatic rings. The monoisotopic (exact) mass is 287 g/mol. The fraction of sp³-hybridized carbons (Fsp3) is 0.636. The van der Waals surface area contributed by atoms with E-state index in [0.717, 1.165) is 35.7 Å². The van der Waals surface area contributed by atoms with Crippen molar-refractivity contribution in [2.75, 3.05) is 5.33 Å². The largest absolute Gasteiger partial charge is 0.494 e. The molecule has 0 bridgehead atoms. The van der Waals surface area contributed by atoms with E-state index in [1.54, 1.807) is 4.57 Å². The number of alkyl halides is 1. The fourth-order valence-electron chi connectivity index (χ4n) is 2.50. The molecule has 16 heavy (non-hydrogen) atoms. The first kappa shape index (κ1) is 10.5. The number of aromatic nitrogens is 1. The first-order valence-corrected chi connectivity index (χ1v) is 6.68. The van der Waals surface area contributed by atoms with Crippen molar-refractivity contribution in [3.8, 4) is 11.8 Å². The smallest absolute Gasteiger partial charge is 0.197 e. The lowest BCUT2D eigenvalue weighted by Crippen LogP contribution is -2.09. The van der Waals surface area contributed by atoms with Crippen molar-refractivity contribution in [2.45, 2.75) is 38.0 Å². The summed E-state index contributed by atoms with van der Waals surface area (Å²) in [6.45, 7) is 0.645. The summed E-state index contributed by atoms with van der Waals surface area (Å²) < 4.78 is 7.02. The zero-order valence-electron chi connectivity index (χ0n) is 8.82. The maximum atomic E-state index is 10.1. The minimum absolute atomic E-state index is 0.224. The van der Waals surface area contributed by atoms with Crippen LogP contribution in [0.3, 0.4) is 0 Å². The van der Waals surface area contributed by atoms with Gasteiger partial charge in [-0.2, -0.15) is 0 Å². The molecule has 2 unspecified atom stereocenters. The van der Waals surface area contributed by atoms with Gasteiger partial charge in [0.05, 0.1) is 12.2 Å². The number of hydrogen-bond donors (Lipinski definition) is 2. The van der Waals surface area contributed by atoms with Gasteiger partial charge in [-0.25, -0.2) is 0 Å². The van der Waals surface area contributed by atoms with Crippen molar-refractivity contribution in [1.29, 1.82) is 0 Å². The Labute approximate surface area is 102 Å². The molecule has 1 aliphatic carbocycles. The molecule has 1 aliphatic heterocycles. The number of fused-ring (bicyclic) bond motifs is 2. The number of rotatable bonds is 3. The maximum absolute atomic E-state index is 10.1. The van der Waals surface area contributed by atoms with E-state index in [-0.39, 0.29) is 24.0 Å². The Bertz CT molecular complexity index is 396. The van der Waals surface area contributed by atoms with Crippen LogP contribution in [-0.2, 0) is 24.1 Å². The Morgan fingerprint density at radius 2 is 1.75 bits per heavy atom. The predicted octanol–water partition coefficient (Wildman–Crippen LogP) is 1.55. The molecule has 1 aromatic heterocycles. The molecule has 0 amide bonds. The molecule has 0 saturated carbocycles. The van der Waals surface area contributed by atoms with Gasteiger partial charge in [0.1, 0.15) is 0 Å². The number of nitrogens with zero attached hydrogens (tertiary/aromatic N) is 1. The summed E-state index contributed by atoms with van der Waals surface area (Å²) in [6, 6.07) is 0. The van der Waals surface area contributed by atoms with Gasteiger partial charge in [-0.05, 0) is 6.42 Å². The molecule has 3 rings (SSSR count). The molecule has 0 spiro atoms. The third-order valence-electron chi connectivity index (χ3n) is 3.43. The van der Waals surface area contributed by atoms with Gasteiger partial charge < -0.3 is 14.9 Å². The van der Waals surface area contributed by atoms with E-state index in [1.807, 2.05) is 0 Å². The zero-order valence-corrected chi connectivity index (χ0v) is 10.4. The summed E-state index contributed by atoms with van der Waals surface area (Å²) in [6.07, 6.45) is 2.90. The highest BCUT2D eigenvalue weighted by Gasteiger charge is 2.46. The van der Waals surface area contributed by atoms with Gasteiger partial charge in [0.15, 0.2) is 11.8 Å². The van der Waals surface area contributed by atoms with Gasteiger partial charge in [-0.15, -0.1) is 0 Å². The standard InChI is InChI=1S/C11H14BrNO3/c12-2-1-3-13-10(14)6-4-8-9(16-8)5-7(6)11(13)15/h8-9,14-15H,1-5H2. The van der Waals surface area contributed by atoms with Crippen molar-refractivity contribution in [3.05, 3.63) is 11.1 Å². The van der Waals surface area contributed by atoms with Crippen LogP contribution in [0, 0.1) is 0 Å². The van der Waals surface area contributed by atoms with E-state index < -0.39 is 0 Å². The lowest BCUT2D eigenvalue weighted by molar-refractivity contribution is 0.351. The van der Waals surface area contributed by atoms with Crippen molar-refractivity contribution >= 4 is 15.9 Å². The Kier molecular flexibility index (Phi) is 2.40. The van der Waals surface area contributed by atoms with Crippen LogP contribution >= 0.6 is 15.9 Å². The highest BCUT2D eigenvalue weighted by Crippen LogP contribution is 2.45. The topological polar surface area (TPSA) is 57.9 Å². The van der Waals surface area contributed by atoms with E-state index in [9.17, 15) is 10.2 Å². The predicted molar refractivity (Wildman–Crippen MR) is 62.2 cm³/mol. The Morgan fingerprint density at radius 3 is 2.25 bits per heavy atom. The zero-order chi connectivity index (χ0) is 11.3. The van der Waals surface area contributed by atoms with Gasteiger partial charge in [0.25, 0.3) is 0 Å². The van der Waals surface area contributed by atoms with Crippen molar-refractivity contribution in [1.82, 2.24) is 4.57 Å². The second kappa shape index (κ2) is 3.67. The highest BCUT2D eigenvalue weighted by molar-refractivity contribution is 9.09. The normalized spacial score (nSPS) is 26.3. The summed E-state index contributed by atoms with van der Waals surface area (Å²) in [5, 5.41) is 21.0. The van der Waals surface area contributed by atoms with E-state index in [0.29, 0.717) is 6.54 Å². The van der Waals surface area contributed by atoms with E-state index in [2.05, 4.69) is 15.9 Å². The van der Waals surface area contributed by atoms with Gasteiger partial charge in [-0.3, -0.25) is 4.57 Å². The summed E-state index contributed by atoms with van der Waals surface area (Å²) in [7, 11) is 0. The average molecular weight is 288 g/mol. The number of epoxide rings is 1. The molecule has 2 N–H and O–H groups in total. The van der Waals surface area contributed by atoms with Crippen LogP contribution in [-0.4, -0.2) is 32.3 Å². The Hall–Kier alpha value is -0.680. The molecule has 1 fully saturated rings. The van der Waals surface area contributed by atoms with Gasteiger partial charge >= 0.3 is 0 Å². The molecule has 2 atom stereocenters. The first-order chi connectivity index (χ1) is 7.72. The minimum Gasteiger partial charge on any atom is -0.494 e. The second-order valence-corrected chi connectivity index (χ2v) is 5.21. The number of aromatic hydroxyl groups is 2. The molecular formula is C11H14BrNO3. The molecule has 88 valence electrons. The van der Waals surface area contributed by atoms with Crippen LogP contribution in [0.5, 0.6) is 11.8 Å². The van der Waals surface area contributed by atoms with E-state index >= 15 is 0 Å². The minimum atomic E-state index is 0.224. The number of halogens is 1. The van der Waals surface area contributed by atoms with Crippen molar-refractivity contribution in [3.63, 3.8) is 0 Å². The first-order valence-electron chi connectivity index (χ1n) is 5.56. The van der Waals surface area contributed by atoms with Crippen LogP contribution in [0.15, 0.2) is 0 Å². The lowest BCUT2D eigenvalue weighted by atomic mass is 9.95. The van der Waals surface area contributed by atoms with Crippen molar-refractivity contribution < 1.29 is 14.9 Å². The van der Waals surface area contributed by atoms with Crippen molar-refractivity contribution in [2.24, 2.45) is 0 Å². The highest BCUT2D eigenvalue weighted by atomic mass is 79.9. The lowest BCUT2D eigenvalue weighted by Gasteiger charge is -2.05. The summed E-state index contributed by atoms with van der Waals surface area (Å²) in [5.41, 5.74) is 1.76. The molecule has 1 aromatic rings. The molecular weight excluding hydrogens is 274 g/mol. The fourth-order valence-corrected chi connectivity index (χ4v) is 2.75. The molecule has 1 saturated heterocycles. The number of ether oxygens (including phenoxy) is 1. The Morgan fingerprint density at radius 1 is 1.19 bits per heavy atom. The van der Waals surface area contributed by atoms with Gasteiger partial charge in [-0.1, -0.05) is 15.9 Å². The molecule has 5 heteroatoms. The molecule has 0 radical (unpaired) electrons. The maximum Gasteiger partial charge on any atom is 0.197 e. The Balaban J connectivity index is 1.95. The molecule has 2 heterocycles. The quantitative estimate of drug-likeness (QED) is 0.655. The number of hydrogen-bond acceptors (Lipinski definition) is 3. The summed E-state index contributed by atoms with van der Waals surface area (Å²) in [4.78, 5) is 0. The SMILES string of the molecule is Oc1c2c(c(O)n1CCCBr)CC1OC1C2. The van der Waals surface area contributed by atoms with Gasteiger partial charge in [0.2, 0.25) is 0 Å². The van der Waals surface area contributed by atoms with E-state index in [4.69, 9.17) is 4.74 Å². The van der Waals surface area contributed by atoms with Crippen LogP contribution in [0.2, 0.25) is 0 Å². The van der Waals surface area contributed by atoms with Crippen LogP contribution in [0.25, 0.3) is 0 Å². The van der Waals surface area contributed by atoms with Crippen LogP contribution in [0.1, 0.15) is 17.5 Å². The molecule has 0 aromatic carbocycles.